The minimum absolute atomic E-state index is 0.424. The summed E-state index contributed by atoms with van der Waals surface area (Å²) >= 11 is 0. The van der Waals surface area contributed by atoms with Crippen LogP contribution in [-0.4, -0.2) is 18.3 Å². The quantitative estimate of drug-likeness (QED) is 0.192. The van der Waals surface area contributed by atoms with E-state index in [9.17, 15) is 0 Å². The first-order chi connectivity index (χ1) is 20.3. The summed E-state index contributed by atoms with van der Waals surface area (Å²) < 4.78 is 19.7. The third-order valence-corrected chi connectivity index (χ3v) is 9.69. The monoisotopic (exact) mass is 548 g/mol. The van der Waals surface area contributed by atoms with Gasteiger partial charge in [-0.15, -0.1) is 0 Å². The van der Waals surface area contributed by atoms with Crippen molar-refractivity contribution in [3.05, 3.63) is 125 Å². The second-order valence-corrected chi connectivity index (χ2v) is 12.7. The SMILES string of the molecule is CC1(C)OB(c2cccc3c2Cc2ccc4oc5ccccc5c4c2-c2ccccc2Cc2ccccc2-3)OC1(C)C. The molecule has 3 nitrogen and oxygen atoms in total. The second kappa shape index (κ2) is 9.19. The fourth-order valence-corrected chi connectivity index (χ4v) is 6.81. The Labute approximate surface area is 247 Å². The van der Waals surface area contributed by atoms with Crippen LogP contribution >= 0.6 is 0 Å². The van der Waals surface area contributed by atoms with Crippen molar-refractivity contribution in [2.24, 2.45) is 0 Å². The van der Waals surface area contributed by atoms with E-state index >= 15 is 0 Å². The van der Waals surface area contributed by atoms with Gasteiger partial charge in [0, 0.05) is 10.8 Å². The lowest BCUT2D eigenvalue weighted by Crippen LogP contribution is -2.41. The summed E-state index contributed by atoms with van der Waals surface area (Å²) in [5, 5.41) is 2.33. The van der Waals surface area contributed by atoms with Gasteiger partial charge in [-0.05, 0) is 103 Å². The fourth-order valence-electron chi connectivity index (χ4n) is 6.81. The smallest absolute Gasteiger partial charge is 0.456 e. The molecule has 8 rings (SSSR count). The zero-order chi connectivity index (χ0) is 28.6. The van der Waals surface area contributed by atoms with E-state index in [4.69, 9.17) is 13.7 Å². The second-order valence-electron chi connectivity index (χ2n) is 12.7. The molecule has 0 spiro atoms. The van der Waals surface area contributed by atoms with Crippen LogP contribution in [-0.2, 0) is 22.2 Å². The molecule has 0 unspecified atom stereocenters. The molecule has 4 heteroatoms. The fraction of sp³-hybridized carbons (Fsp3) is 0.211. The minimum atomic E-state index is -0.450. The molecule has 1 saturated heterocycles. The van der Waals surface area contributed by atoms with Gasteiger partial charge in [-0.25, -0.2) is 0 Å². The van der Waals surface area contributed by atoms with E-state index in [1.807, 2.05) is 6.07 Å². The first-order valence-electron chi connectivity index (χ1n) is 14.9. The number of benzene rings is 5. The average Bonchev–Trinajstić information content (AvgIpc) is 3.46. The number of furan rings is 1. The van der Waals surface area contributed by atoms with Crippen molar-refractivity contribution in [2.75, 3.05) is 0 Å². The highest BCUT2D eigenvalue weighted by atomic mass is 16.7. The molecule has 1 fully saturated rings. The van der Waals surface area contributed by atoms with Crippen LogP contribution in [0.25, 0.3) is 44.2 Å². The number of fused-ring (bicyclic) bond motifs is 10. The van der Waals surface area contributed by atoms with Crippen molar-refractivity contribution < 1.29 is 13.7 Å². The molecule has 0 radical (unpaired) electrons. The van der Waals surface area contributed by atoms with Crippen molar-refractivity contribution in [3.8, 4) is 22.3 Å². The molecule has 0 amide bonds. The van der Waals surface area contributed by atoms with Crippen LogP contribution < -0.4 is 5.46 Å². The Morgan fingerprint density at radius 3 is 1.98 bits per heavy atom. The highest BCUT2D eigenvalue weighted by molar-refractivity contribution is 6.62. The summed E-state index contributed by atoms with van der Waals surface area (Å²) in [7, 11) is -0.450. The highest BCUT2D eigenvalue weighted by Crippen LogP contribution is 2.44. The third-order valence-electron chi connectivity index (χ3n) is 9.69. The van der Waals surface area contributed by atoms with Crippen molar-refractivity contribution in [2.45, 2.75) is 51.7 Å². The lowest BCUT2D eigenvalue weighted by Gasteiger charge is -2.32. The van der Waals surface area contributed by atoms with E-state index in [0.29, 0.717) is 0 Å². The first kappa shape index (κ1) is 25.6. The molecule has 0 atom stereocenters. The summed E-state index contributed by atoms with van der Waals surface area (Å²) in [5.74, 6) is 0. The third kappa shape index (κ3) is 3.82. The van der Waals surface area contributed by atoms with Gasteiger partial charge in [0.05, 0.1) is 11.2 Å². The Kier molecular flexibility index (Phi) is 5.60. The molecule has 6 aromatic rings. The predicted molar refractivity (Wildman–Crippen MR) is 172 cm³/mol. The molecule has 1 aliphatic heterocycles. The van der Waals surface area contributed by atoms with Gasteiger partial charge in [0.15, 0.2) is 0 Å². The topological polar surface area (TPSA) is 31.6 Å². The van der Waals surface area contributed by atoms with E-state index in [1.54, 1.807) is 0 Å². The van der Waals surface area contributed by atoms with E-state index in [-0.39, 0.29) is 0 Å². The van der Waals surface area contributed by atoms with E-state index in [0.717, 1.165) is 34.9 Å². The summed E-state index contributed by atoms with van der Waals surface area (Å²) in [6.45, 7) is 8.49. The van der Waals surface area contributed by atoms with Gasteiger partial charge in [0.25, 0.3) is 0 Å². The van der Waals surface area contributed by atoms with Gasteiger partial charge >= 0.3 is 7.12 Å². The molecule has 2 aliphatic rings. The molecular weight excluding hydrogens is 515 g/mol. The molecule has 206 valence electrons. The Hall–Kier alpha value is -4.12. The molecule has 0 saturated carbocycles. The maximum absolute atomic E-state index is 6.65. The number of para-hydroxylation sites is 1. The summed E-state index contributed by atoms with van der Waals surface area (Å²) in [6, 6.07) is 37.1. The van der Waals surface area contributed by atoms with Crippen molar-refractivity contribution in [1.82, 2.24) is 0 Å². The minimum Gasteiger partial charge on any atom is -0.456 e. The Balaban J connectivity index is 1.45. The lowest BCUT2D eigenvalue weighted by molar-refractivity contribution is 0.00578. The zero-order valence-corrected chi connectivity index (χ0v) is 24.5. The molecule has 1 aliphatic carbocycles. The first-order valence-corrected chi connectivity index (χ1v) is 14.9. The molecule has 0 N–H and O–H groups in total. The average molecular weight is 548 g/mol. The van der Waals surface area contributed by atoms with Crippen LogP contribution in [0.2, 0.25) is 0 Å². The van der Waals surface area contributed by atoms with E-state index in [2.05, 4.69) is 125 Å². The molecular formula is C38H33BO3. The highest BCUT2D eigenvalue weighted by Gasteiger charge is 2.52. The number of hydrogen-bond donors (Lipinski definition) is 0. The number of hydrogen-bond acceptors (Lipinski definition) is 3. The van der Waals surface area contributed by atoms with Gasteiger partial charge < -0.3 is 13.7 Å². The van der Waals surface area contributed by atoms with Crippen molar-refractivity contribution in [3.63, 3.8) is 0 Å². The van der Waals surface area contributed by atoms with Crippen LogP contribution in [0.15, 0.2) is 108 Å². The summed E-state index contributed by atoms with van der Waals surface area (Å²) in [6.07, 6.45) is 1.57. The van der Waals surface area contributed by atoms with Crippen LogP contribution in [0.1, 0.15) is 49.9 Å². The van der Waals surface area contributed by atoms with Crippen molar-refractivity contribution in [1.29, 1.82) is 0 Å². The molecule has 5 aromatic carbocycles. The molecule has 1 aromatic heterocycles. The van der Waals surface area contributed by atoms with E-state index < -0.39 is 18.3 Å². The van der Waals surface area contributed by atoms with Crippen LogP contribution in [0.4, 0.5) is 0 Å². The van der Waals surface area contributed by atoms with E-state index in [1.165, 1.54) is 49.9 Å². The lowest BCUT2D eigenvalue weighted by atomic mass is 9.71. The maximum Gasteiger partial charge on any atom is 0.495 e. The van der Waals surface area contributed by atoms with Gasteiger partial charge in [0.1, 0.15) is 11.2 Å². The molecule has 42 heavy (non-hydrogen) atoms. The molecule has 0 bridgehead atoms. The Bertz CT molecular complexity index is 2000. The van der Waals surface area contributed by atoms with Crippen LogP contribution in [0.5, 0.6) is 0 Å². The van der Waals surface area contributed by atoms with Crippen LogP contribution in [0, 0.1) is 0 Å². The molecule has 2 heterocycles. The predicted octanol–water partition coefficient (Wildman–Crippen LogP) is 8.71. The Morgan fingerprint density at radius 2 is 1.19 bits per heavy atom. The van der Waals surface area contributed by atoms with Gasteiger partial charge in [-0.1, -0.05) is 91.0 Å². The van der Waals surface area contributed by atoms with Crippen LogP contribution in [0.3, 0.4) is 0 Å². The zero-order valence-electron chi connectivity index (χ0n) is 24.5. The van der Waals surface area contributed by atoms with Gasteiger partial charge in [-0.3, -0.25) is 0 Å². The summed E-state index contributed by atoms with van der Waals surface area (Å²) in [5.41, 5.74) is 12.2. The normalized spacial score (nSPS) is 17.0. The van der Waals surface area contributed by atoms with Gasteiger partial charge in [-0.2, -0.15) is 0 Å². The van der Waals surface area contributed by atoms with Gasteiger partial charge in [0.2, 0.25) is 0 Å². The maximum atomic E-state index is 6.65. The largest absolute Gasteiger partial charge is 0.495 e. The Morgan fingerprint density at radius 1 is 0.548 bits per heavy atom. The summed E-state index contributed by atoms with van der Waals surface area (Å²) in [4.78, 5) is 0. The number of rotatable bonds is 1. The van der Waals surface area contributed by atoms with Crippen molar-refractivity contribution >= 4 is 34.5 Å². The standard InChI is InChI=1S/C38H33BO3/c1-37(2)38(3,4)42-39(41-37)32-18-11-17-29-27-14-7-5-12-24(27)22-25-13-6-8-15-28(25)35-26(23-31(29)32)20-21-34-36(35)30-16-9-10-19-33(30)40-34/h5-21H,22-23H2,1-4H3.